The van der Waals surface area contributed by atoms with E-state index in [9.17, 15) is 4.79 Å². The van der Waals surface area contributed by atoms with Crippen molar-refractivity contribution in [1.29, 1.82) is 0 Å². The first kappa shape index (κ1) is 14.7. The summed E-state index contributed by atoms with van der Waals surface area (Å²) in [7, 11) is 0. The first-order valence-electron chi connectivity index (χ1n) is 5.25. The third-order valence-corrected chi connectivity index (χ3v) is 13.9. The maximum atomic E-state index is 9.97. The molecule has 0 aliphatic carbocycles. The van der Waals surface area contributed by atoms with Crippen molar-refractivity contribution < 1.29 is 14.3 Å². The predicted molar refractivity (Wildman–Crippen MR) is 62.9 cm³/mol. The Labute approximate surface area is 99.6 Å². The van der Waals surface area contributed by atoms with Crippen LogP contribution < -0.4 is 0 Å². The summed E-state index contributed by atoms with van der Waals surface area (Å²) in [5.41, 5.74) is 0. The van der Waals surface area contributed by atoms with Crippen molar-refractivity contribution in [1.82, 2.24) is 0 Å². The van der Waals surface area contributed by atoms with Gasteiger partial charge in [0.25, 0.3) is 0 Å². The van der Waals surface area contributed by atoms with Crippen LogP contribution in [-0.2, 0) is 0 Å². The Bertz CT molecular complexity index is 247. The molecule has 0 spiro atoms. The van der Waals surface area contributed by atoms with Gasteiger partial charge in [-0.1, -0.05) is 0 Å². The van der Waals surface area contributed by atoms with E-state index < -0.39 is 28.7 Å². The van der Waals surface area contributed by atoms with Crippen LogP contribution in [0.4, 0.5) is 0 Å². The summed E-state index contributed by atoms with van der Waals surface area (Å²) in [5.74, 6) is -1.06. The fraction of sp³-hybridized carbons (Fsp3) is 0.545. The summed E-state index contributed by atoms with van der Waals surface area (Å²) in [4.78, 5) is 9.97. The fourth-order valence-electron chi connectivity index (χ4n) is 1.15. The molecule has 1 aromatic heterocycles. The molecule has 1 N–H and O–H groups in total. The third kappa shape index (κ3) is 6.70. The molecule has 0 amide bonds. The number of aromatic carboxylic acids is 1. The Hall–Kier alpha value is -0.328. The van der Waals surface area contributed by atoms with Crippen LogP contribution in [0.2, 0.25) is 11.9 Å². The van der Waals surface area contributed by atoms with E-state index in [0.29, 0.717) is 0 Å². The minimum Gasteiger partial charge on any atom is -0.475 e. The molecule has 0 fully saturated rings. The summed E-state index contributed by atoms with van der Waals surface area (Å²) in [5, 5.41) is 8.18. The van der Waals surface area contributed by atoms with E-state index in [1.54, 1.807) is 11.9 Å². The Morgan fingerprint density at radius 3 is 2.00 bits per heavy atom. The van der Waals surface area contributed by atoms with Crippen LogP contribution in [0.3, 0.4) is 0 Å². The van der Waals surface area contributed by atoms with E-state index in [2.05, 4.69) is 25.2 Å². The Kier molecular flexibility index (Phi) is 8.74. The molecule has 4 heteroatoms. The molecule has 1 aromatic rings. The molecule has 0 saturated carbocycles. The first-order valence-corrected chi connectivity index (χ1v) is 13.5. The van der Waals surface area contributed by atoms with E-state index in [0.717, 1.165) is 0 Å². The molecule has 3 nitrogen and oxygen atoms in total. The molecule has 0 unspecified atom stereocenters. The van der Waals surface area contributed by atoms with Gasteiger partial charge in [-0.15, -0.1) is 0 Å². The summed E-state index contributed by atoms with van der Waals surface area (Å²) in [6.07, 6.45) is 1.32. The van der Waals surface area contributed by atoms with Crippen molar-refractivity contribution in [3.63, 3.8) is 0 Å². The van der Waals surface area contributed by atoms with Gasteiger partial charge in [-0.3, -0.25) is 0 Å². The molecule has 0 aliphatic heterocycles. The SMILES string of the molecule is C[CH2][Pb]([CH2]C)[CH2]C.O=C(O)c1ccco1. The number of furan rings is 1. The molecule has 0 saturated heterocycles. The van der Waals surface area contributed by atoms with Crippen molar-refractivity contribution in [3.8, 4) is 0 Å². The monoisotopic (exact) mass is 407 g/mol. The van der Waals surface area contributed by atoms with E-state index in [-0.39, 0.29) is 5.76 Å². The van der Waals surface area contributed by atoms with Gasteiger partial charge >= 0.3 is 61.4 Å². The van der Waals surface area contributed by atoms with Gasteiger partial charge in [-0.2, -0.15) is 0 Å². The van der Waals surface area contributed by atoms with E-state index in [1.807, 2.05) is 0 Å². The predicted octanol–water partition coefficient (Wildman–Crippen LogP) is 3.52. The summed E-state index contributed by atoms with van der Waals surface area (Å²) < 4.78 is 9.20. The quantitative estimate of drug-likeness (QED) is 0.779. The average Bonchev–Trinajstić information content (AvgIpc) is 2.74. The number of carboxylic acids is 1. The minimum absolute atomic E-state index is 0.0231. The average molecular weight is 406 g/mol. The number of hydrogen-bond donors (Lipinski definition) is 1. The third-order valence-electron chi connectivity index (χ3n) is 2.23. The van der Waals surface area contributed by atoms with Crippen molar-refractivity contribution in [2.24, 2.45) is 0 Å². The normalized spacial score (nSPS) is 9.60. The van der Waals surface area contributed by atoms with Crippen LogP contribution in [0.5, 0.6) is 0 Å². The van der Waals surface area contributed by atoms with Crippen LogP contribution in [0.15, 0.2) is 22.8 Å². The second-order valence-electron chi connectivity index (χ2n) is 3.09. The van der Waals surface area contributed by atoms with Crippen molar-refractivity contribution in [2.75, 3.05) is 0 Å². The minimum atomic E-state index is -1.03. The first-order chi connectivity index (χ1) is 7.15. The Morgan fingerprint density at radius 1 is 1.33 bits per heavy atom. The van der Waals surface area contributed by atoms with Gasteiger partial charge < -0.3 is 9.52 Å². The van der Waals surface area contributed by atoms with Gasteiger partial charge in [0, 0.05) is 0 Å². The van der Waals surface area contributed by atoms with Gasteiger partial charge in [-0.05, 0) is 12.1 Å². The molecule has 15 heavy (non-hydrogen) atoms. The molecule has 1 heterocycles. The Morgan fingerprint density at radius 2 is 1.87 bits per heavy atom. The van der Waals surface area contributed by atoms with Gasteiger partial charge in [0.1, 0.15) is 0 Å². The molecule has 0 aromatic carbocycles. The largest absolute Gasteiger partial charge is 0.475 e. The summed E-state index contributed by atoms with van der Waals surface area (Å²) >= 11 is -0.789. The number of carbonyl (C=O) groups is 1. The van der Waals surface area contributed by atoms with Crippen molar-refractivity contribution in [3.05, 3.63) is 24.2 Å². The summed E-state index contributed by atoms with van der Waals surface area (Å²) in [6, 6.07) is 2.92. The zero-order chi connectivity index (χ0) is 11.7. The van der Waals surface area contributed by atoms with Gasteiger partial charge in [-0.25, -0.2) is 4.79 Å². The maximum Gasteiger partial charge on any atom is 0.371 e. The zero-order valence-electron chi connectivity index (χ0n) is 9.62. The van der Waals surface area contributed by atoms with Crippen LogP contribution in [-0.4, -0.2) is 33.8 Å². The molecular weight excluding hydrogens is 387 g/mol. The molecule has 1 radical (unpaired) electrons. The molecule has 1 rings (SSSR count). The van der Waals surface area contributed by atoms with Crippen LogP contribution >= 0.6 is 0 Å². The molecule has 0 bridgehead atoms. The van der Waals surface area contributed by atoms with E-state index in [1.165, 1.54) is 18.4 Å². The topological polar surface area (TPSA) is 50.4 Å². The molecule has 0 atom stereocenters. The maximum absolute atomic E-state index is 9.97. The van der Waals surface area contributed by atoms with E-state index in [4.69, 9.17) is 5.11 Å². The van der Waals surface area contributed by atoms with Crippen molar-refractivity contribution in [2.45, 2.75) is 32.7 Å². The van der Waals surface area contributed by atoms with E-state index >= 15 is 0 Å². The second-order valence-corrected chi connectivity index (χ2v) is 17.2. The second kappa shape index (κ2) is 8.94. The molecule has 85 valence electrons. The van der Waals surface area contributed by atoms with Gasteiger partial charge in [0.05, 0.1) is 6.26 Å². The standard InChI is InChI=1S/C5H4O3.3C2H5.Pb/c6-5(7)4-2-1-3-8-4;3*1-2;/h1-3H,(H,6,7);3*1H2,2H3;. The summed E-state index contributed by atoms with van der Waals surface area (Å²) in [6.45, 7) is 7.07. The molecule has 0 aliphatic rings. The zero-order valence-corrected chi connectivity index (χ0v) is 13.5. The van der Waals surface area contributed by atoms with Gasteiger partial charge in [0.2, 0.25) is 5.76 Å². The van der Waals surface area contributed by atoms with Crippen molar-refractivity contribution >= 4 is 28.7 Å². The number of hydrogen-bond acceptors (Lipinski definition) is 2. The van der Waals surface area contributed by atoms with Gasteiger partial charge in [0.15, 0.2) is 0 Å². The van der Waals surface area contributed by atoms with Crippen LogP contribution in [0.1, 0.15) is 31.3 Å². The fourth-order valence-corrected chi connectivity index (χ4v) is 6.98. The van der Waals surface area contributed by atoms with Crippen LogP contribution in [0.25, 0.3) is 0 Å². The number of carboxylic acid groups (broad SMARTS) is 1. The Balaban J connectivity index is 0.000000265. The van der Waals surface area contributed by atoms with Crippen LogP contribution in [0, 0.1) is 0 Å². The smallest absolute Gasteiger partial charge is 0.371 e. The number of rotatable bonds is 4. The molecular formula is C11H19O3Pb.